The number of carbonyl (C=O) groups excluding carboxylic acids is 1. The van der Waals surface area contributed by atoms with E-state index in [4.69, 9.17) is 16.7 Å². The Labute approximate surface area is 149 Å². The van der Waals surface area contributed by atoms with E-state index in [0.29, 0.717) is 0 Å². The predicted molar refractivity (Wildman–Crippen MR) is 92.7 cm³/mol. The lowest BCUT2D eigenvalue weighted by Crippen LogP contribution is -2.25. The van der Waals surface area contributed by atoms with Crippen LogP contribution >= 0.6 is 11.6 Å². The van der Waals surface area contributed by atoms with Crippen LogP contribution in [0.2, 0.25) is 5.02 Å². The van der Waals surface area contributed by atoms with Gasteiger partial charge in [0, 0.05) is 13.2 Å². The summed E-state index contributed by atoms with van der Waals surface area (Å²) < 4.78 is 40.4. The van der Waals surface area contributed by atoms with Crippen LogP contribution in [0.3, 0.4) is 0 Å². The molecule has 0 radical (unpaired) electrons. The molecule has 0 saturated heterocycles. The van der Waals surface area contributed by atoms with E-state index in [0.717, 1.165) is 12.1 Å². The molecule has 2 aromatic rings. The standard InChI is InChI=1S/C16H16ClFN2O4S/c17-13-5-2-1-4-12(13)16(22)20-15-7-6-11(10-14(15)18)25(23,24)19-8-3-9-21/h1-2,4-7,10,19,21H,3,8-9H2,(H,20,22). The second-order valence-electron chi connectivity index (χ2n) is 5.05. The lowest BCUT2D eigenvalue weighted by Gasteiger charge is -2.10. The van der Waals surface area contributed by atoms with Gasteiger partial charge in [-0.15, -0.1) is 0 Å². The number of sulfonamides is 1. The highest BCUT2D eigenvalue weighted by Gasteiger charge is 2.17. The molecule has 25 heavy (non-hydrogen) atoms. The maximum Gasteiger partial charge on any atom is 0.257 e. The molecule has 0 spiro atoms. The summed E-state index contributed by atoms with van der Waals surface area (Å²) in [4.78, 5) is 11.8. The summed E-state index contributed by atoms with van der Waals surface area (Å²) in [5.41, 5.74) is 0.00478. The molecule has 2 aromatic carbocycles. The summed E-state index contributed by atoms with van der Waals surface area (Å²) in [6.07, 6.45) is 0.244. The molecule has 9 heteroatoms. The fraction of sp³-hybridized carbons (Fsp3) is 0.188. The number of anilines is 1. The maximum atomic E-state index is 14.2. The molecule has 0 aliphatic rings. The molecule has 0 aliphatic carbocycles. The Morgan fingerprint density at radius 3 is 2.56 bits per heavy atom. The van der Waals surface area contributed by atoms with Crippen LogP contribution in [0.25, 0.3) is 0 Å². The number of amides is 1. The summed E-state index contributed by atoms with van der Waals surface area (Å²) in [6, 6.07) is 9.43. The minimum absolute atomic E-state index is 0.0332. The van der Waals surface area contributed by atoms with Crippen LogP contribution in [0.15, 0.2) is 47.4 Å². The molecular weight excluding hydrogens is 371 g/mol. The van der Waals surface area contributed by atoms with Crippen LogP contribution in [0.5, 0.6) is 0 Å². The van der Waals surface area contributed by atoms with Crippen LogP contribution in [0.1, 0.15) is 16.8 Å². The second-order valence-corrected chi connectivity index (χ2v) is 7.22. The van der Waals surface area contributed by atoms with Gasteiger partial charge in [-0.05, 0) is 36.8 Å². The molecule has 0 atom stereocenters. The molecule has 0 saturated carbocycles. The van der Waals surface area contributed by atoms with E-state index >= 15 is 0 Å². The normalized spacial score (nSPS) is 11.3. The first kappa shape index (κ1) is 19.3. The highest BCUT2D eigenvalue weighted by molar-refractivity contribution is 7.89. The van der Waals surface area contributed by atoms with Crippen molar-refractivity contribution >= 4 is 33.2 Å². The number of rotatable bonds is 7. The summed E-state index contributed by atoms with van der Waals surface area (Å²) in [5, 5.41) is 11.2. The Hall–Kier alpha value is -2.00. The van der Waals surface area contributed by atoms with Gasteiger partial charge < -0.3 is 10.4 Å². The number of halogens is 2. The highest BCUT2D eigenvalue weighted by atomic mass is 35.5. The minimum Gasteiger partial charge on any atom is -0.396 e. The van der Waals surface area contributed by atoms with Crippen molar-refractivity contribution in [2.24, 2.45) is 0 Å². The van der Waals surface area contributed by atoms with Gasteiger partial charge in [0.15, 0.2) is 0 Å². The topological polar surface area (TPSA) is 95.5 Å². The smallest absolute Gasteiger partial charge is 0.257 e. The number of benzene rings is 2. The third kappa shape index (κ3) is 4.99. The van der Waals surface area contributed by atoms with Crippen molar-refractivity contribution in [2.45, 2.75) is 11.3 Å². The molecule has 0 fully saturated rings. The number of aliphatic hydroxyl groups excluding tert-OH is 1. The molecule has 0 bridgehead atoms. The van der Waals surface area contributed by atoms with Crippen LogP contribution < -0.4 is 10.0 Å². The van der Waals surface area contributed by atoms with Gasteiger partial charge in [-0.2, -0.15) is 0 Å². The zero-order valence-electron chi connectivity index (χ0n) is 13.0. The number of hydrogen-bond donors (Lipinski definition) is 3. The van der Waals surface area contributed by atoms with Crippen molar-refractivity contribution in [3.05, 3.63) is 58.9 Å². The molecule has 134 valence electrons. The van der Waals surface area contributed by atoms with E-state index < -0.39 is 21.7 Å². The number of aliphatic hydroxyl groups is 1. The Morgan fingerprint density at radius 2 is 1.92 bits per heavy atom. The SMILES string of the molecule is O=C(Nc1ccc(S(=O)(=O)NCCCO)cc1F)c1ccccc1Cl. The van der Waals surface area contributed by atoms with Crippen LogP contribution in [-0.4, -0.2) is 32.6 Å². The Morgan fingerprint density at radius 1 is 1.20 bits per heavy atom. The zero-order chi connectivity index (χ0) is 18.4. The monoisotopic (exact) mass is 386 g/mol. The van der Waals surface area contributed by atoms with E-state index in [1.54, 1.807) is 12.1 Å². The van der Waals surface area contributed by atoms with E-state index in [2.05, 4.69) is 10.0 Å². The Kier molecular flexibility index (Phi) is 6.49. The molecule has 0 unspecified atom stereocenters. The lowest BCUT2D eigenvalue weighted by molar-refractivity contribution is 0.102. The summed E-state index contributed by atoms with van der Waals surface area (Å²) in [7, 11) is -3.89. The van der Waals surface area contributed by atoms with Gasteiger partial charge in [-0.1, -0.05) is 23.7 Å². The van der Waals surface area contributed by atoms with Crippen molar-refractivity contribution in [1.82, 2.24) is 4.72 Å². The quantitative estimate of drug-likeness (QED) is 0.637. The third-order valence-corrected chi connectivity index (χ3v) is 5.03. The van der Waals surface area contributed by atoms with Crippen molar-refractivity contribution < 1.29 is 22.7 Å². The van der Waals surface area contributed by atoms with Gasteiger partial charge in [-0.25, -0.2) is 17.5 Å². The van der Waals surface area contributed by atoms with Gasteiger partial charge >= 0.3 is 0 Å². The molecule has 0 aromatic heterocycles. The van der Waals surface area contributed by atoms with Crippen LogP contribution in [0.4, 0.5) is 10.1 Å². The van der Waals surface area contributed by atoms with Crippen molar-refractivity contribution in [1.29, 1.82) is 0 Å². The van der Waals surface area contributed by atoms with Crippen LogP contribution in [0, 0.1) is 5.82 Å². The lowest BCUT2D eigenvalue weighted by atomic mass is 10.2. The van der Waals surface area contributed by atoms with Gasteiger partial charge in [0.2, 0.25) is 10.0 Å². The van der Waals surface area contributed by atoms with E-state index in [9.17, 15) is 17.6 Å². The largest absolute Gasteiger partial charge is 0.396 e. The first-order valence-corrected chi connectivity index (χ1v) is 9.17. The second kappa shape index (κ2) is 8.39. The molecule has 1 amide bonds. The first-order chi connectivity index (χ1) is 11.8. The fourth-order valence-corrected chi connectivity index (χ4v) is 3.28. The highest BCUT2D eigenvalue weighted by Crippen LogP contribution is 2.21. The first-order valence-electron chi connectivity index (χ1n) is 7.31. The van der Waals surface area contributed by atoms with Crippen molar-refractivity contribution in [2.75, 3.05) is 18.5 Å². The van der Waals surface area contributed by atoms with Gasteiger partial charge in [0.1, 0.15) is 5.82 Å². The van der Waals surface area contributed by atoms with E-state index in [1.807, 2.05) is 0 Å². The van der Waals surface area contributed by atoms with Gasteiger partial charge in [0.25, 0.3) is 5.91 Å². The fourth-order valence-electron chi connectivity index (χ4n) is 1.97. The van der Waals surface area contributed by atoms with Crippen LogP contribution in [-0.2, 0) is 10.0 Å². The Balaban J connectivity index is 2.17. The predicted octanol–water partition coefficient (Wildman–Crippen LogP) is 2.39. The van der Waals surface area contributed by atoms with Crippen molar-refractivity contribution in [3.8, 4) is 0 Å². The molecular formula is C16H16ClFN2O4S. The average molecular weight is 387 g/mol. The van der Waals surface area contributed by atoms with E-state index in [-0.39, 0.29) is 40.7 Å². The molecule has 2 rings (SSSR count). The minimum atomic E-state index is -3.89. The number of nitrogens with one attached hydrogen (secondary N) is 2. The molecule has 3 N–H and O–H groups in total. The maximum absolute atomic E-state index is 14.2. The van der Waals surface area contributed by atoms with Crippen molar-refractivity contribution in [3.63, 3.8) is 0 Å². The summed E-state index contributed by atoms with van der Waals surface area (Å²) >= 11 is 5.91. The van der Waals surface area contributed by atoms with E-state index in [1.165, 1.54) is 18.2 Å². The summed E-state index contributed by atoms with van der Waals surface area (Å²) in [5.74, 6) is -1.51. The number of hydrogen-bond acceptors (Lipinski definition) is 4. The third-order valence-electron chi connectivity index (χ3n) is 3.24. The molecule has 6 nitrogen and oxygen atoms in total. The molecule has 0 heterocycles. The van der Waals surface area contributed by atoms with Gasteiger partial charge in [-0.3, -0.25) is 4.79 Å². The molecule has 0 aliphatic heterocycles. The average Bonchev–Trinajstić information content (AvgIpc) is 2.57. The zero-order valence-corrected chi connectivity index (χ0v) is 14.6. The Bertz CT molecular complexity index is 874. The summed E-state index contributed by atoms with van der Waals surface area (Å²) in [6.45, 7) is -0.130. The number of carbonyl (C=O) groups is 1. The van der Waals surface area contributed by atoms with Gasteiger partial charge in [0.05, 0.1) is 21.2 Å².